The number of nitrogens with zero attached hydrogens (tertiary/aromatic N) is 1. The second-order valence-electron chi connectivity index (χ2n) is 6.05. The molecule has 5 heteroatoms. The molecule has 1 aliphatic rings. The Bertz CT molecular complexity index is 425. The summed E-state index contributed by atoms with van der Waals surface area (Å²) < 4.78 is 11.2. The van der Waals surface area contributed by atoms with Crippen molar-refractivity contribution in [2.75, 3.05) is 20.2 Å². The molecular formula is C17H29ClN2O2. The highest BCUT2D eigenvalue weighted by Gasteiger charge is 2.27. The van der Waals surface area contributed by atoms with Crippen LogP contribution < -0.4 is 10.5 Å². The van der Waals surface area contributed by atoms with Crippen LogP contribution in [0.5, 0.6) is 5.75 Å². The van der Waals surface area contributed by atoms with E-state index >= 15 is 0 Å². The average Bonchev–Trinajstić information content (AvgIpc) is 2.49. The summed E-state index contributed by atoms with van der Waals surface area (Å²) in [4.78, 5) is 2.47. The molecule has 0 spiro atoms. The molecule has 126 valence electrons. The Morgan fingerprint density at radius 2 is 1.95 bits per heavy atom. The van der Waals surface area contributed by atoms with E-state index in [9.17, 15) is 0 Å². The van der Waals surface area contributed by atoms with Gasteiger partial charge in [-0.3, -0.25) is 4.90 Å². The molecule has 4 nitrogen and oxygen atoms in total. The van der Waals surface area contributed by atoms with E-state index in [1.807, 2.05) is 13.8 Å². The number of ether oxygens (including phenoxy) is 2. The second-order valence-corrected chi connectivity index (χ2v) is 6.05. The van der Waals surface area contributed by atoms with Gasteiger partial charge in [-0.05, 0) is 44.4 Å². The maximum Gasteiger partial charge on any atom is 0.119 e. The third kappa shape index (κ3) is 5.43. The molecule has 0 amide bonds. The third-order valence-corrected chi connectivity index (χ3v) is 4.08. The van der Waals surface area contributed by atoms with Crippen LogP contribution in [0.2, 0.25) is 0 Å². The zero-order chi connectivity index (χ0) is 15.2. The van der Waals surface area contributed by atoms with Crippen LogP contribution >= 0.6 is 12.4 Å². The standard InChI is InChI=1S/C17H28N2O2.ClH/c1-13(2)21-16-6-4-14(5-7-16)12-19-9-8-17(20-3)10-15(19)11-18;/h4-7,13,15,17H,8-12,18H2,1-3H3;1H. The van der Waals surface area contributed by atoms with E-state index < -0.39 is 0 Å². The minimum Gasteiger partial charge on any atom is -0.491 e. The van der Waals surface area contributed by atoms with Crippen LogP contribution in [-0.4, -0.2) is 43.3 Å². The summed E-state index contributed by atoms with van der Waals surface area (Å²) in [6.45, 7) is 6.76. The first kappa shape index (κ1) is 19.2. The fourth-order valence-corrected chi connectivity index (χ4v) is 2.91. The quantitative estimate of drug-likeness (QED) is 0.872. The maximum atomic E-state index is 5.93. The summed E-state index contributed by atoms with van der Waals surface area (Å²) in [6.07, 6.45) is 2.69. The fraction of sp³-hybridized carbons (Fsp3) is 0.647. The first-order chi connectivity index (χ1) is 10.1. The molecule has 0 saturated carbocycles. The molecule has 2 unspecified atom stereocenters. The van der Waals surface area contributed by atoms with Crippen molar-refractivity contribution in [1.82, 2.24) is 4.90 Å². The molecule has 1 fully saturated rings. The number of hydrogen-bond acceptors (Lipinski definition) is 4. The van der Waals surface area contributed by atoms with Crippen LogP contribution in [0.1, 0.15) is 32.3 Å². The molecule has 0 radical (unpaired) electrons. The van der Waals surface area contributed by atoms with Crippen LogP contribution in [0.4, 0.5) is 0 Å². The monoisotopic (exact) mass is 328 g/mol. The first-order valence-corrected chi connectivity index (χ1v) is 7.85. The van der Waals surface area contributed by atoms with Crippen molar-refractivity contribution in [3.8, 4) is 5.75 Å². The third-order valence-electron chi connectivity index (χ3n) is 4.08. The van der Waals surface area contributed by atoms with Crippen LogP contribution in [0.15, 0.2) is 24.3 Å². The highest BCUT2D eigenvalue weighted by Crippen LogP contribution is 2.22. The highest BCUT2D eigenvalue weighted by atomic mass is 35.5. The Kier molecular flexibility index (Phi) is 8.18. The normalized spacial score (nSPS) is 22.4. The number of benzene rings is 1. The van der Waals surface area contributed by atoms with E-state index in [0.29, 0.717) is 18.7 Å². The minimum absolute atomic E-state index is 0. The van der Waals surface area contributed by atoms with Crippen molar-refractivity contribution in [2.24, 2.45) is 5.73 Å². The molecule has 1 heterocycles. The lowest BCUT2D eigenvalue weighted by Crippen LogP contribution is -2.47. The topological polar surface area (TPSA) is 47.7 Å². The number of methoxy groups -OCH3 is 1. The Morgan fingerprint density at radius 1 is 1.27 bits per heavy atom. The lowest BCUT2D eigenvalue weighted by atomic mass is 9.98. The summed E-state index contributed by atoms with van der Waals surface area (Å²) in [5.41, 5.74) is 7.23. The van der Waals surface area contributed by atoms with E-state index in [1.165, 1.54) is 5.56 Å². The Hall–Kier alpha value is -0.810. The van der Waals surface area contributed by atoms with E-state index in [4.69, 9.17) is 15.2 Å². The number of nitrogens with two attached hydrogens (primary N) is 1. The van der Waals surface area contributed by atoms with E-state index in [-0.39, 0.29) is 18.5 Å². The molecule has 2 atom stereocenters. The minimum atomic E-state index is 0. The van der Waals surface area contributed by atoms with Crippen LogP contribution in [0.3, 0.4) is 0 Å². The fourth-order valence-electron chi connectivity index (χ4n) is 2.91. The van der Waals surface area contributed by atoms with Gasteiger partial charge >= 0.3 is 0 Å². The Balaban J connectivity index is 0.00000242. The van der Waals surface area contributed by atoms with Crippen molar-refractivity contribution in [2.45, 2.75) is 51.5 Å². The molecule has 2 rings (SSSR count). The van der Waals surface area contributed by atoms with Crippen molar-refractivity contribution in [3.63, 3.8) is 0 Å². The molecule has 22 heavy (non-hydrogen) atoms. The molecule has 2 N–H and O–H groups in total. The molecule has 1 aliphatic heterocycles. The predicted molar refractivity (Wildman–Crippen MR) is 92.7 cm³/mol. The molecular weight excluding hydrogens is 300 g/mol. The van der Waals surface area contributed by atoms with Crippen LogP contribution in [0.25, 0.3) is 0 Å². The smallest absolute Gasteiger partial charge is 0.119 e. The molecule has 1 aromatic rings. The Morgan fingerprint density at radius 3 is 2.50 bits per heavy atom. The van der Waals surface area contributed by atoms with Gasteiger partial charge in [0.1, 0.15) is 5.75 Å². The SMILES string of the molecule is COC1CCN(Cc2ccc(OC(C)C)cc2)C(CN)C1.Cl. The van der Waals surface area contributed by atoms with Gasteiger partial charge in [0.2, 0.25) is 0 Å². The van der Waals surface area contributed by atoms with E-state index in [1.54, 1.807) is 7.11 Å². The number of halogens is 1. The van der Waals surface area contributed by atoms with E-state index in [2.05, 4.69) is 29.2 Å². The Labute approximate surface area is 140 Å². The second kappa shape index (κ2) is 9.36. The number of hydrogen-bond donors (Lipinski definition) is 1. The summed E-state index contributed by atoms with van der Waals surface area (Å²) in [5.74, 6) is 0.933. The first-order valence-electron chi connectivity index (χ1n) is 7.85. The average molecular weight is 329 g/mol. The summed E-state index contributed by atoms with van der Waals surface area (Å²) in [7, 11) is 1.79. The number of likely N-dealkylation sites (tertiary alicyclic amines) is 1. The number of rotatable bonds is 6. The van der Waals surface area contributed by atoms with Gasteiger partial charge in [0.05, 0.1) is 12.2 Å². The van der Waals surface area contributed by atoms with Gasteiger partial charge in [0, 0.05) is 32.8 Å². The van der Waals surface area contributed by atoms with E-state index in [0.717, 1.165) is 31.7 Å². The van der Waals surface area contributed by atoms with Gasteiger partial charge in [0.25, 0.3) is 0 Å². The van der Waals surface area contributed by atoms with Gasteiger partial charge in [-0.15, -0.1) is 12.4 Å². The van der Waals surface area contributed by atoms with Crippen molar-refractivity contribution >= 4 is 12.4 Å². The van der Waals surface area contributed by atoms with Crippen molar-refractivity contribution < 1.29 is 9.47 Å². The highest BCUT2D eigenvalue weighted by molar-refractivity contribution is 5.85. The number of piperidine rings is 1. The van der Waals surface area contributed by atoms with Gasteiger partial charge in [-0.1, -0.05) is 12.1 Å². The summed E-state index contributed by atoms with van der Waals surface area (Å²) in [6, 6.07) is 8.81. The summed E-state index contributed by atoms with van der Waals surface area (Å²) in [5, 5.41) is 0. The van der Waals surface area contributed by atoms with Crippen LogP contribution in [-0.2, 0) is 11.3 Å². The lowest BCUT2D eigenvalue weighted by Gasteiger charge is -2.38. The summed E-state index contributed by atoms with van der Waals surface area (Å²) >= 11 is 0. The predicted octanol–water partition coefficient (Wildman–Crippen LogP) is 2.83. The van der Waals surface area contributed by atoms with Crippen molar-refractivity contribution in [3.05, 3.63) is 29.8 Å². The lowest BCUT2D eigenvalue weighted by molar-refractivity contribution is 0.0102. The zero-order valence-electron chi connectivity index (χ0n) is 13.8. The van der Waals surface area contributed by atoms with Gasteiger partial charge in [0.15, 0.2) is 0 Å². The zero-order valence-corrected chi connectivity index (χ0v) is 14.6. The molecule has 1 aromatic carbocycles. The maximum absolute atomic E-state index is 5.93. The van der Waals surface area contributed by atoms with Gasteiger partial charge in [-0.2, -0.15) is 0 Å². The van der Waals surface area contributed by atoms with Gasteiger partial charge in [-0.25, -0.2) is 0 Å². The largest absolute Gasteiger partial charge is 0.491 e. The molecule has 1 saturated heterocycles. The van der Waals surface area contributed by atoms with Crippen LogP contribution in [0, 0.1) is 0 Å². The molecule has 0 aromatic heterocycles. The van der Waals surface area contributed by atoms with Gasteiger partial charge < -0.3 is 15.2 Å². The molecule has 0 bridgehead atoms. The molecule has 0 aliphatic carbocycles. The van der Waals surface area contributed by atoms with Crippen molar-refractivity contribution in [1.29, 1.82) is 0 Å².